The standard InChI is InChI=1S/C19H20N2/c1-13-8-9-14(12-20)10-17(13)21-18-16-7-5-4-6-15(16)11-19(18,2)3/h4-10,18,21H,11H2,1-3H3. The van der Waals surface area contributed by atoms with E-state index in [1.807, 2.05) is 18.2 Å². The summed E-state index contributed by atoms with van der Waals surface area (Å²) < 4.78 is 0. The molecular formula is C19H20N2. The van der Waals surface area contributed by atoms with E-state index in [2.05, 4.69) is 56.4 Å². The Hall–Kier alpha value is -2.27. The Labute approximate surface area is 126 Å². The third-order valence-corrected chi connectivity index (χ3v) is 4.46. The molecule has 1 unspecified atom stereocenters. The highest BCUT2D eigenvalue weighted by Gasteiger charge is 2.38. The summed E-state index contributed by atoms with van der Waals surface area (Å²) in [5.41, 5.74) is 5.90. The maximum Gasteiger partial charge on any atom is 0.0992 e. The summed E-state index contributed by atoms with van der Waals surface area (Å²) in [6, 6.07) is 17.0. The fraction of sp³-hybridized carbons (Fsp3) is 0.316. The second kappa shape index (κ2) is 4.93. The smallest absolute Gasteiger partial charge is 0.0992 e. The van der Waals surface area contributed by atoms with E-state index in [1.54, 1.807) is 0 Å². The summed E-state index contributed by atoms with van der Waals surface area (Å²) in [7, 11) is 0. The maximum absolute atomic E-state index is 9.10. The Morgan fingerprint density at radius 1 is 1.19 bits per heavy atom. The van der Waals surface area contributed by atoms with Crippen LogP contribution in [0.15, 0.2) is 42.5 Å². The maximum atomic E-state index is 9.10. The number of hydrogen-bond acceptors (Lipinski definition) is 2. The molecule has 0 fully saturated rings. The van der Waals surface area contributed by atoms with E-state index in [0.717, 1.165) is 12.1 Å². The molecule has 1 N–H and O–H groups in total. The minimum atomic E-state index is 0.165. The first-order chi connectivity index (χ1) is 10.0. The van der Waals surface area contributed by atoms with Crippen LogP contribution < -0.4 is 5.32 Å². The van der Waals surface area contributed by atoms with E-state index in [4.69, 9.17) is 5.26 Å². The van der Waals surface area contributed by atoms with Gasteiger partial charge in [-0.05, 0) is 47.6 Å². The Balaban J connectivity index is 2.00. The Morgan fingerprint density at radius 2 is 1.95 bits per heavy atom. The largest absolute Gasteiger partial charge is 0.377 e. The first-order valence-electron chi connectivity index (χ1n) is 7.36. The average Bonchev–Trinajstić information content (AvgIpc) is 2.72. The van der Waals surface area contributed by atoms with E-state index < -0.39 is 0 Å². The number of fused-ring (bicyclic) bond motifs is 1. The molecule has 0 radical (unpaired) electrons. The third kappa shape index (κ3) is 2.40. The van der Waals surface area contributed by atoms with Gasteiger partial charge >= 0.3 is 0 Å². The molecule has 0 aliphatic heterocycles. The normalized spacial score (nSPS) is 18.9. The molecule has 0 spiro atoms. The number of nitriles is 1. The lowest BCUT2D eigenvalue weighted by Gasteiger charge is -2.30. The van der Waals surface area contributed by atoms with Crippen molar-refractivity contribution in [2.24, 2.45) is 5.41 Å². The minimum absolute atomic E-state index is 0.165. The van der Waals surface area contributed by atoms with Gasteiger partial charge in [-0.15, -0.1) is 0 Å². The number of nitrogens with one attached hydrogen (secondary N) is 1. The van der Waals surface area contributed by atoms with Crippen molar-refractivity contribution in [3.05, 3.63) is 64.7 Å². The van der Waals surface area contributed by atoms with Crippen molar-refractivity contribution in [2.75, 3.05) is 5.32 Å². The molecule has 1 aliphatic carbocycles. The quantitative estimate of drug-likeness (QED) is 0.870. The van der Waals surface area contributed by atoms with Gasteiger partial charge in [0.05, 0.1) is 17.7 Å². The van der Waals surface area contributed by atoms with Crippen molar-refractivity contribution in [1.82, 2.24) is 0 Å². The van der Waals surface area contributed by atoms with Gasteiger partial charge < -0.3 is 5.32 Å². The van der Waals surface area contributed by atoms with Gasteiger partial charge in [-0.1, -0.05) is 44.2 Å². The van der Waals surface area contributed by atoms with Crippen LogP contribution in [0.4, 0.5) is 5.69 Å². The zero-order chi connectivity index (χ0) is 15.0. The van der Waals surface area contributed by atoms with Crippen molar-refractivity contribution in [3.63, 3.8) is 0 Å². The summed E-state index contributed by atoms with van der Waals surface area (Å²) in [4.78, 5) is 0. The van der Waals surface area contributed by atoms with Gasteiger partial charge in [0, 0.05) is 5.69 Å². The van der Waals surface area contributed by atoms with Crippen molar-refractivity contribution < 1.29 is 0 Å². The van der Waals surface area contributed by atoms with Crippen LogP contribution in [0.3, 0.4) is 0 Å². The molecule has 1 aliphatic rings. The SMILES string of the molecule is Cc1ccc(C#N)cc1NC1c2ccccc2CC1(C)C. The van der Waals surface area contributed by atoms with Crippen LogP contribution in [0, 0.1) is 23.7 Å². The predicted molar refractivity (Wildman–Crippen MR) is 86.2 cm³/mol. The lowest BCUT2D eigenvalue weighted by atomic mass is 9.85. The molecule has 0 amide bonds. The minimum Gasteiger partial charge on any atom is -0.377 e. The molecule has 21 heavy (non-hydrogen) atoms. The van der Waals surface area contributed by atoms with Crippen LogP contribution in [0.5, 0.6) is 0 Å². The number of aryl methyl sites for hydroxylation is 1. The number of hydrogen-bond donors (Lipinski definition) is 1. The monoisotopic (exact) mass is 276 g/mol. The topological polar surface area (TPSA) is 35.8 Å². The highest BCUT2D eigenvalue weighted by Crippen LogP contribution is 2.47. The molecule has 0 saturated carbocycles. The fourth-order valence-corrected chi connectivity index (χ4v) is 3.27. The first kappa shape index (κ1) is 13.7. The van der Waals surface area contributed by atoms with Gasteiger partial charge in [0.1, 0.15) is 0 Å². The highest BCUT2D eigenvalue weighted by atomic mass is 14.9. The molecule has 0 heterocycles. The van der Waals surface area contributed by atoms with Crippen molar-refractivity contribution in [2.45, 2.75) is 33.2 Å². The Morgan fingerprint density at radius 3 is 2.71 bits per heavy atom. The van der Waals surface area contributed by atoms with Gasteiger partial charge in [-0.3, -0.25) is 0 Å². The second-order valence-corrected chi connectivity index (χ2v) is 6.58. The summed E-state index contributed by atoms with van der Waals surface area (Å²) in [5.74, 6) is 0. The molecule has 106 valence electrons. The summed E-state index contributed by atoms with van der Waals surface area (Å²) >= 11 is 0. The van der Waals surface area contributed by atoms with Crippen LogP contribution in [0.25, 0.3) is 0 Å². The van der Waals surface area contributed by atoms with Crippen LogP contribution in [0.1, 0.15) is 42.1 Å². The summed E-state index contributed by atoms with van der Waals surface area (Å²) in [6.07, 6.45) is 1.08. The molecule has 0 saturated heterocycles. The zero-order valence-corrected chi connectivity index (χ0v) is 12.8. The van der Waals surface area contributed by atoms with Gasteiger partial charge in [-0.2, -0.15) is 5.26 Å². The molecule has 2 aromatic carbocycles. The van der Waals surface area contributed by atoms with Crippen LogP contribution in [0.2, 0.25) is 0 Å². The molecule has 2 heteroatoms. The highest BCUT2D eigenvalue weighted by molar-refractivity contribution is 5.58. The van der Waals surface area contributed by atoms with Gasteiger partial charge in [0.2, 0.25) is 0 Å². The summed E-state index contributed by atoms with van der Waals surface area (Å²) in [5, 5.41) is 12.8. The van der Waals surface area contributed by atoms with Crippen molar-refractivity contribution in [1.29, 1.82) is 5.26 Å². The molecule has 3 rings (SSSR count). The van der Waals surface area contributed by atoms with Gasteiger partial charge in [-0.25, -0.2) is 0 Å². The van der Waals surface area contributed by atoms with Gasteiger partial charge in [0.25, 0.3) is 0 Å². The van der Waals surface area contributed by atoms with E-state index in [9.17, 15) is 0 Å². The van der Waals surface area contributed by atoms with Gasteiger partial charge in [0.15, 0.2) is 0 Å². The molecular weight excluding hydrogens is 256 g/mol. The van der Waals surface area contributed by atoms with Crippen LogP contribution >= 0.6 is 0 Å². The number of anilines is 1. The Kier molecular flexibility index (Phi) is 3.22. The molecule has 2 aromatic rings. The van der Waals surface area contributed by atoms with E-state index >= 15 is 0 Å². The summed E-state index contributed by atoms with van der Waals surface area (Å²) in [6.45, 7) is 6.68. The number of rotatable bonds is 2. The molecule has 2 nitrogen and oxygen atoms in total. The average molecular weight is 276 g/mol. The third-order valence-electron chi connectivity index (χ3n) is 4.46. The Bertz CT molecular complexity index is 723. The van der Waals surface area contributed by atoms with E-state index in [0.29, 0.717) is 5.56 Å². The van der Waals surface area contributed by atoms with Crippen LogP contribution in [-0.2, 0) is 6.42 Å². The molecule has 0 bridgehead atoms. The van der Waals surface area contributed by atoms with E-state index in [1.165, 1.54) is 16.7 Å². The van der Waals surface area contributed by atoms with Crippen LogP contribution in [-0.4, -0.2) is 0 Å². The number of benzene rings is 2. The molecule has 0 aromatic heterocycles. The van der Waals surface area contributed by atoms with Crippen molar-refractivity contribution >= 4 is 5.69 Å². The zero-order valence-electron chi connectivity index (χ0n) is 12.8. The number of nitrogens with zero attached hydrogens (tertiary/aromatic N) is 1. The first-order valence-corrected chi connectivity index (χ1v) is 7.36. The lowest BCUT2D eigenvalue weighted by Crippen LogP contribution is -2.24. The fourth-order valence-electron chi connectivity index (χ4n) is 3.27. The van der Waals surface area contributed by atoms with Crippen molar-refractivity contribution in [3.8, 4) is 6.07 Å². The molecule has 1 atom stereocenters. The predicted octanol–water partition coefficient (Wildman–Crippen LogP) is 4.60. The lowest BCUT2D eigenvalue weighted by molar-refractivity contribution is 0.337. The second-order valence-electron chi connectivity index (χ2n) is 6.58. The van der Waals surface area contributed by atoms with E-state index in [-0.39, 0.29) is 11.5 Å².